The molecule has 0 spiro atoms. The molecule has 0 saturated heterocycles. The highest BCUT2D eigenvalue weighted by atomic mass is 35.5. The Morgan fingerprint density at radius 3 is 2.69 bits per heavy atom. The van der Waals surface area contributed by atoms with Crippen molar-refractivity contribution in [1.29, 1.82) is 0 Å². The molecule has 0 amide bonds. The fourth-order valence-corrected chi connectivity index (χ4v) is 2.41. The first kappa shape index (κ1) is 11.9. The lowest BCUT2D eigenvalue weighted by Gasteiger charge is -2.27. The Morgan fingerprint density at radius 1 is 1.50 bits per heavy atom. The molecular formula is C13H16ClFO. The van der Waals surface area contributed by atoms with E-state index in [-0.39, 0.29) is 5.82 Å². The lowest BCUT2D eigenvalue weighted by Crippen LogP contribution is -2.33. The van der Waals surface area contributed by atoms with Crippen LogP contribution in [0.3, 0.4) is 0 Å². The summed E-state index contributed by atoms with van der Waals surface area (Å²) in [4.78, 5) is 0. The van der Waals surface area contributed by atoms with Crippen molar-refractivity contribution in [3.63, 3.8) is 0 Å². The van der Waals surface area contributed by atoms with E-state index >= 15 is 0 Å². The van der Waals surface area contributed by atoms with Crippen LogP contribution in [0.25, 0.3) is 0 Å². The van der Waals surface area contributed by atoms with Crippen molar-refractivity contribution in [3.8, 4) is 0 Å². The summed E-state index contributed by atoms with van der Waals surface area (Å²) in [6, 6.07) is 4.37. The highest BCUT2D eigenvalue weighted by molar-refractivity contribution is 6.31. The van der Waals surface area contributed by atoms with E-state index in [1.54, 1.807) is 6.07 Å². The lowest BCUT2D eigenvalue weighted by atomic mass is 9.87. The van der Waals surface area contributed by atoms with Crippen molar-refractivity contribution in [2.75, 3.05) is 0 Å². The lowest BCUT2D eigenvalue weighted by molar-refractivity contribution is 0.0139. The molecule has 1 atom stereocenters. The van der Waals surface area contributed by atoms with Gasteiger partial charge in [-0.3, -0.25) is 0 Å². The van der Waals surface area contributed by atoms with Gasteiger partial charge in [-0.2, -0.15) is 0 Å². The zero-order valence-corrected chi connectivity index (χ0v) is 10.1. The van der Waals surface area contributed by atoms with Crippen LogP contribution in [0, 0.1) is 11.7 Å². The predicted octanol–water partition coefficient (Wildman–Crippen LogP) is 3.57. The molecule has 1 aromatic carbocycles. The normalized spacial score (nSPS) is 19.5. The second-order valence-electron chi connectivity index (χ2n) is 4.64. The molecule has 0 radical (unpaired) electrons. The molecule has 0 heterocycles. The molecule has 1 unspecified atom stereocenters. The SMILES string of the molecule is CCC(O)(Cc1ccc(F)cc1Cl)C1CC1. The third kappa shape index (κ3) is 2.38. The molecule has 1 aromatic rings. The van der Waals surface area contributed by atoms with Crippen LogP contribution >= 0.6 is 11.6 Å². The number of halogens is 2. The zero-order valence-electron chi connectivity index (χ0n) is 9.34. The van der Waals surface area contributed by atoms with Gasteiger partial charge in [0.15, 0.2) is 0 Å². The van der Waals surface area contributed by atoms with Crippen LogP contribution in [-0.4, -0.2) is 10.7 Å². The number of aliphatic hydroxyl groups is 1. The summed E-state index contributed by atoms with van der Waals surface area (Å²) in [6.07, 6.45) is 3.41. The first-order valence-electron chi connectivity index (χ1n) is 5.71. The summed E-state index contributed by atoms with van der Waals surface area (Å²) in [7, 11) is 0. The number of hydrogen-bond acceptors (Lipinski definition) is 1. The molecule has 1 saturated carbocycles. The fraction of sp³-hybridized carbons (Fsp3) is 0.538. The quantitative estimate of drug-likeness (QED) is 0.856. The second kappa shape index (κ2) is 4.34. The first-order valence-corrected chi connectivity index (χ1v) is 6.09. The van der Waals surface area contributed by atoms with Crippen molar-refractivity contribution in [1.82, 2.24) is 0 Å². The van der Waals surface area contributed by atoms with Gasteiger partial charge < -0.3 is 5.11 Å². The molecule has 3 heteroatoms. The number of benzene rings is 1. The average Bonchev–Trinajstić information content (AvgIpc) is 3.06. The average molecular weight is 243 g/mol. The molecule has 1 aliphatic rings. The smallest absolute Gasteiger partial charge is 0.124 e. The highest BCUT2D eigenvalue weighted by Crippen LogP contribution is 2.43. The van der Waals surface area contributed by atoms with Crippen LogP contribution in [0.1, 0.15) is 31.7 Å². The summed E-state index contributed by atoms with van der Waals surface area (Å²) in [6.45, 7) is 1.98. The Balaban J connectivity index is 2.18. The maximum Gasteiger partial charge on any atom is 0.124 e. The first-order chi connectivity index (χ1) is 7.55. The summed E-state index contributed by atoms with van der Waals surface area (Å²) in [5.41, 5.74) is 0.167. The standard InChI is InChI=1S/C13H16ClFO/c1-2-13(16,10-4-5-10)8-9-3-6-11(15)7-12(9)14/h3,6-7,10,16H,2,4-5,8H2,1H3. The van der Waals surface area contributed by atoms with Crippen LogP contribution in [0.15, 0.2) is 18.2 Å². The minimum atomic E-state index is -0.665. The van der Waals surface area contributed by atoms with Crippen LogP contribution < -0.4 is 0 Å². The van der Waals surface area contributed by atoms with Crippen molar-refractivity contribution in [2.45, 2.75) is 38.2 Å². The van der Waals surface area contributed by atoms with Gasteiger partial charge in [-0.05, 0) is 42.9 Å². The van der Waals surface area contributed by atoms with Gasteiger partial charge in [-0.1, -0.05) is 24.6 Å². The van der Waals surface area contributed by atoms with E-state index < -0.39 is 5.60 Å². The molecule has 0 aliphatic heterocycles. The van der Waals surface area contributed by atoms with Crippen molar-refractivity contribution in [3.05, 3.63) is 34.6 Å². The van der Waals surface area contributed by atoms with Crippen molar-refractivity contribution < 1.29 is 9.50 Å². The van der Waals surface area contributed by atoms with Crippen LogP contribution in [0.2, 0.25) is 5.02 Å². The van der Waals surface area contributed by atoms with Crippen molar-refractivity contribution >= 4 is 11.6 Å². The second-order valence-corrected chi connectivity index (χ2v) is 5.05. The van der Waals surface area contributed by atoms with E-state index in [2.05, 4.69) is 0 Å². The fourth-order valence-electron chi connectivity index (χ4n) is 2.17. The summed E-state index contributed by atoms with van der Waals surface area (Å²) >= 11 is 5.97. The van der Waals surface area contributed by atoms with E-state index in [1.807, 2.05) is 6.92 Å². The largest absolute Gasteiger partial charge is 0.389 e. The van der Waals surface area contributed by atoms with Gasteiger partial charge in [0.1, 0.15) is 5.82 Å². The monoisotopic (exact) mass is 242 g/mol. The Morgan fingerprint density at radius 2 is 2.19 bits per heavy atom. The zero-order chi connectivity index (χ0) is 11.8. The van der Waals surface area contributed by atoms with E-state index in [9.17, 15) is 9.50 Å². The summed E-state index contributed by atoms with van der Waals surface area (Å²) in [5, 5.41) is 10.9. The van der Waals surface area contributed by atoms with Crippen LogP contribution in [0.5, 0.6) is 0 Å². The van der Waals surface area contributed by atoms with Crippen molar-refractivity contribution in [2.24, 2.45) is 5.92 Å². The van der Waals surface area contributed by atoms with Gasteiger partial charge in [0, 0.05) is 11.4 Å². The minimum absolute atomic E-state index is 0.333. The topological polar surface area (TPSA) is 20.2 Å². The predicted molar refractivity (Wildman–Crippen MR) is 63.1 cm³/mol. The minimum Gasteiger partial charge on any atom is -0.389 e. The maximum atomic E-state index is 12.9. The third-order valence-corrected chi connectivity index (χ3v) is 3.81. The molecule has 1 N–H and O–H groups in total. The summed E-state index contributed by atoms with van der Waals surface area (Å²) in [5.74, 6) is 0.0545. The summed E-state index contributed by atoms with van der Waals surface area (Å²) < 4.78 is 12.9. The highest BCUT2D eigenvalue weighted by Gasteiger charge is 2.42. The van der Waals surface area contributed by atoms with E-state index in [0.717, 1.165) is 18.4 Å². The van der Waals surface area contributed by atoms with Gasteiger partial charge in [0.25, 0.3) is 0 Å². The maximum absolute atomic E-state index is 12.9. The molecular weight excluding hydrogens is 227 g/mol. The Hall–Kier alpha value is -0.600. The molecule has 2 rings (SSSR count). The number of rotatable bonds is 4. The van der Waals surface area contributed by atoms with Crippen LogP contribution in [-0.2, 0) is 6.42 Å². The molecule has 1 aliphatic carbocycles. The molecule has 88 valence electrons. The molecule has 1 fully saturated rings. The van der Waals surface area contributed by atoms with Crippen LogP contribution in [0.4, 0.5) is 4.39 Å². The molecule has 1 nitrogen and oxygen atoms in total. The van der Waals surface area contributed by atoms with Gasteiger partial charge in [0.05, 0.1) is 5.60 Å². The molecule has 0 bridgehead atoms. The number of hydrogen-bond donors (Lipinski definition) is 1. The molecule has 0 aromatic heterocycles. The Bertz CT molecular complexity index is 390. The van der Waals surface area contributed by atoms with E-state index in [4.69, 9.17) is 11.6 Å². The Kier molecular flexibility index (Phi) is 3.22. The van der Waals surface area contributed by atoms with Gasteiger partial charge in [0.2, 0.25) is 0 Å². The van der Waals surface area contributed by atoms with Gasteiger partial charge in [-0.25, -0.2) is 4.39 Å². The Labute approximate surface area is 100 Å². The van der Waals surface area contributed by atoms with Gasteiger partial charge >= 0.3 is 0 Å². The van der Waals surface area contributed by atoms with E-state index in [0.29, 0.717) is 23.8 Å². The third-order valence-electron chi connectivity index (χ3n) is 3.46. The van der Waals surface area contributed by atoms with E-state index in [1.165, 1.54) is 12.1 Å². The molecule has 16 heavy (non-hydrogen) atoms. The van der Waals surface area contributed by atoms with Gasteiger partial charge in [-0.15, -0.1) is 0 Å².